The van der Waals surface area contributed by atoms with Gasteiger partial charge >= 0.3 is 0 Å². The summed E-state index contributed by atoms with van der Waals surface area (Å²) in [6.45, 7) is 4.01. The Labute approximate surface area is 128 Å². The number of hydrogen-bond acceptors (Lipinski definition) is 3. The highest BCUT2D eigenvalue weighted by atomic mass is 15.1. The molecule has 0 aliphatic rings. The summed E-state index contributed by atoms with van der Waals surface area (Å²) in [5.41, 5.74) is 2.53. The average molecular weight is 283 g/mol. The van der Waals surface area contributed by atoms with Gasteiger partial charge < -0.3 is 15.1 Å². The quantitative estimate of drug-likeness (QED) is 0.752. The third-order valence-corrected chi connectivity index (χ3v) is 3.64. The zero-order chi connectivity index (χ0) is 14.9. The Balaban J connectivity index is 1.62. The van der Waals surface area contributed by atoms with Crippen LogP contribution in [0.4, 0.5) is 11.4 Å². The Morgan fingerprint density at radius 3 is 1.43 bits per heavy atom. The van der Waals surface area contributed by atoms with E-state index >= 15 is 0 Å². The maximum atomic E-state index is 3.50. The van der Waals surface area contributed by atoms with Crippen LogP contribution < -0.4 is 15.1 Å². The van der Waals surface area contributed by atoms with Gasteiger partial charge in [-0.25, -0.2) is 0 Å². The Bertz CT molecular complexity index is 451. The molecule has 0 amide bonds. The van der Waals surface area contributed by atoms with Crippen molar-refractivity contribution in [3.05, 3.63) is 60.7 Å². The number of nitrogens with one attached hydrogen (secondary N) is 1. The molecule has 1 N–H and O–H groups in total. The van der Waals surface area contributed by atoms with Crippen LogP contribution in [0.5, 0.6) is 0 Å². The molecule has 0 radical (unpaired) electrons. The maximum absolute atomic E-state index is 3.50. The second-order valence-corrected chi connectivity index (χ2v) is 5.26. The molecule has 2 aromatic carbocycles. The summed E-state index contributed by atoms with van der Waals surface area (Å²) in [5.74, 6) is 0. The second-order valence-electron chi connectivity index (χ2n) is 5.26. The van der Waals surface area contributed by atoms with Crippen LogP contribution in [0.25, 0.3) is 0 Å². The first-order valence-electron chi connectivity index (χ1n) is 7.50. The summed E-state index contributed by atoms with van der Waals surface area (Å²) >= 11 is 0. The predicted octanol–water partition coefficient (Wildman–Crippen LogP) is 2.85. The number of benzene rings is 2. The molecule has 0 saturated carbocycles. The Morgan fingerprint density at radius 1 is 0.667 bits per heavy atom. The molecule has 2 aromatic rings. The Morgan fingerprint density at radius 2 is 1.05 bits per heavy atom. The van der Waals surface area contributed by atoms with Crippen molar-refractivity contribution in [1.82, 2.24) is 5.32 Å². The third-order valence-electron chi connectivity index (χ3n) is 3.64. The monoisotopic (exact) mass is 283 g/mol. The van der Waals surface area contributed by atoms with E-state index in [0.29, 0.717) is 0 Å². The SMILES string of the molecule is CN(CCNCCN(C)c1ccccc1)c1ccccc1. The summed E-state index contributed by atoms with van der Waals surface area (Å²) in [5, 5.41) is 3.50. The van der Waals surface area contributed by atoms with Crippen molar-refractivity contribution in [2.45, 2.75) is 0 Å². The van der Waals surface area contributed by atoms with E-state index in [0.717, 1.165) is 26.2 Å². The van der Waals surface area contributed by atoms with Crippen LogP contribution >= 0.6 is 0 Å². The molecule has 0 fully saturated rings. The summed E-state index contributed by atoms with van der Waals surface area (Å²) in [6.07, 6.45) is 0. The van der Waals surface area contributed by atoms with E-state index in [-0.39, 0.29) is 0 Å². The van der Waals surface area contributed by atoms with Gasteiger partial charge in [-0.05, 0) is 24.3 Å². The summed E-state index contributed by atoms with van der Waals surface area (Å²) < 4.78 is 0. The summed E-state index contributed by atoms with van der Waals surface area (Å²) in [7, 11) is 4.26. The highest BCUT2D eigenvalue weighted by molar-refractivity contribution is 5.45. The number of rotatable bonds is 8. The number of anilines is 2. The zero-order valence-electron chi connectivity index (χ0n) is 13.0. The highest BCUT2D eigenvalue weighted by Crippen LogP contribution is 2.10. The first-order chi connectivity index (χ1) is 10.3. The van der Waals surface area contributed by atoms with Crippen LogP contribution in [-0.4, -0.2) is 40.3 Å². The molecule has 112 valence electrons. The number of likely N-dealkylation sites (N-methyl/N-ethyl adjacent to an activating group) is 2. The van der Waals surface area contributed by atoms with E-state index in [1.807, 2.05) is 0 Å². The molecule has 3 nitrogen and oxygen atoms in total. The molecule has 0 aromatic heterocycles. The minimum atomic E-state index is 0.994. The molecule has 21 heavy (non-hydrogen) atoms. The molecule has 2 rings (SSSR count). The molecule has 0 atom stereocenters. The standard InChI is InChI=1S/C18H25N3/c1-20(17-9-5-3-6-10-17)15-13-19-14-16-21(2)18-11-7-4-8-12-18/h3-12,19H,13-16H2,1-2H3. The van der Waals surface area contributed by atoms with Gasteiger partial charge in [-0.2, -0.15) is 0 Å². The lowest BCUT2D eigenvalue weighted by Crippen LogP contribution is -2.34. The van der Waals surface area contributed by atoms with Crippen molar-refractivity contribution < 1.29 is 0 Å². The molecular formula is C18H25N3. The van der Waals surface area contributed by atoms with Crippen LogP contribution in [0.1, 0.15) is 0 Å². The normalized spacial score (nSPS) is 10.4. The lowest BCUT2D eigenvalue weighted by Gasteiger charge is -2.21. The van der Waals surface area contributed by atoms with E-state index < -0.39 is 0 Å². The molecule has 0 bridgehead atoms. The fraction of sp³-hybridized carbons (Fsp3) is 0.333. The van der Waals surface area contributed by atoms with E-state index in [1.54, 1.807) is 0 Å². The Kier molecular flexibility index (Phi) is 6.10. The molecule has 0 unspecified atom stereocenters. The Hall–Kier alpha value is -2.00. The van der Waals surface area contributed by atoms with Crippen molar-refractivity contribution in [2.24, 2.45) is 0 Å². The predicted molar refractivity (Wildman–Crippen MR) is 92.3 cm³/mol. The minimum Gasteiger partial charge on any atom is -0.373 e. The van der Waals surface area contributed by atoms with Gasteiger partial charge in [-0.1, -0.05) is 36.4 Å². The van der Waals surface area contributed by atoms with Crippen LogP contribution in [-0.2, 0) is 0 Å². The second kappa shape index (κ2) is 8.32. The first-order valence-corrected chi connectivity index (χ1v) is 7.50. The lowest BCUT2D eigenvalue weighted by molar-refractivity contribution is 0.670. The van der Waals surface area contributed by atoms with E-state index in [4.69, 9.17) is 0 Å². The van der Waals surface area contributed by atoms with Gasteiger partial charge in [0.2, 0.25) is 0 Å². The van der Waals surface area contributed by atoms with Gasteiger partial charge in [0.05, 0.1) is 0 Å². The fourth-order valence-electron chi connectivity index (χ4n) is 2.24. The fourth-order valence-corrected chi connectivity index (χ4v) is 2.24. The summed E-state index contributed by atoms with van der Waals surface area (Å²) in [6, 6.07) is 21.0. The van der Waals surface area contributed by atoms with Gasteiger partial charge in [0, 0.05) is 51.6 Å². The minimum absolute atomic E-state index is 0.994. The molecule has 0 saturated heterocycles. The average Bonchev–Trinajstić information content (AvgIpc) is 2.55. The van der Waals surface area contributed by atoms with E-state index in [1.165, 1.54) is 11.4 Å². The molecule has 0 aliphatic heterocycles. The largest absolute Gasteiger partial charge is 0.373 e. The van der Waals surface area contributed by atoms with Crippen molar-refractivity contribution >= 4 is 11.4 Å². The summed E-state index contributed by atoms with van der Waals surface area (Å²) in [4.78, 5) is 4.54. The van der Waals surface area contributed by atoms with Gasteiger partial charge in [0.25, 0.3) is 0 Å². The smallest absolute Gasteiger partial charge is 0.0364 e. The highest BCUT2D eigenvalue weighted by Gasteiger charge is 2.00. The maximum Gasteiger partial charge on any atom is 0.0364 e. The third kappa shape index (κ3) is 5.12. The molecule has 3 heteroatoms. The van der Waals surface area contributed by atoms with Gasteiger partial charge in [-0.3, -0.25) is 0 Å². The van der Waals surface area contributed by atoms with Gasteiger partial charge in [-0.15, -0.1) is 0 Å². The van der Waals surface area contributed by atoms with Gasteiger partial charge in [0.15, 0.2) is 0 Å². The molecule has 0 heterocycles. The van der Waals surface area contributed by atoms with E-state index in [2.05, 4.69) is 89.9 Å². The van der Waals surface area contributed by atoms with Crippen LogP contribution in [0.15, 0.2) is 60.7 Å². The lowest BCUT2D eigenvalue weighted by atomic mass is 10.3. The first kappa shape index (κ1) is 15.4. The molecule has 0 spiro atoms. The van der Waals surface area contributed by atoms with Crippen LogP contribution in [0, 0.1) is 0 Å². The van der Waals surface area contributed by atoms with Crippen molar-refractivity contribution in [3.63, 3.8) is 0 Å². The van der Waals surface area contributed by atoms with Crippen molar-refractivity contribution in [3.8, 4) is 0 Å². The number of hydrogen-bond donors (Lipinski definition) is 1. The topological polar surface area (TPSA) is 18.5 Å². The number of nitrogens with zero attached hydrogens (tertiary/aromatic N) is 2. The van der Waals surface area contributed by atoms with Crippen LogP contribution in [0.3, 0.4) is 0 Å². The van der Waals surface area contributed by atoms with Crippen LogP contribution in [0.2, 0.25) is 0 Å². The zero-order valence-corrected chi connectivity index (χ0v) is 13.0. The number of para-hydroxylation sites is 2. The van der Waals surface area contributed by atoms with Crippen molar-refractivity contribution in [1.29, 1.82) is 0 Å². The van der Waals surface area contributed by atoms with Crippen molar-refractivity contribution in [2.75, 3.05) is 50.1 Å². The van der Waals surface area contributed by atoms with E-state index in [9.17, 15) is 0 Å². The van der Waals surface area contributed by atoms with Gasteiger partial charge in [0.1, 0.15) is 0 Å². The molecule has 0 aliphatic carbocycles. The molecular weight excluding hydrogens is 258 g/mol.